The van der Waals surface area contributed by atoms with Crippen LogP contribution in [0.25, 0.3) is 0 Å². The topological polar surface area (TPSA) is 66.4 Å². The SMILES string of the molecule is CC[C@@H]1C[C@@H](C(=O)O)CC(=O)N1. The number of aliphatic carboxylic acids is 1. The Hall–Kier alpha value is -1.06. The van der Waals surface area contributed by atoms with Crippen LogP contribution in [0.5, 0.6) is 0 Å². The highest BCUT2D eigenvalue weighted by atomic mass is 16.4. The van der Waals surface area contributed by atoms with E-state index in [1.807, 2.05) is 6.92 Å². The standard InChI is InChI=1S/C8H13NO3/c1-2-6-3-5(8(11)12)4-7(10)9-6/h5-6H,2-4H2,1H3,(H,9,10)(H,11,12)/t5-,6-/m1/s1. The van der Waals surface area contributed by atoms with Crippen LogP contribution in [-0.4, -0.2) is 23.0 Å². The van der Waals surface area contributed by atoms with E-state index in [1.165, 1.54) is 0 Å². The molecule has 0 bridgehead atoms. The lowest BCUT2D eigenvalue weighted by Crippen LogP contribution is -2.43. The highest BCUT2D eigenvalue weighted by molar-refractivity contribution is 5.83. The molecular weight excluding hydrogens is 158 g/mol. The first-order chi connectivity index (χ1) is 5.63. The third-order valence-corrected chi connectivity index (χ3v) is 2.21. The van der Waals surface area contributed by atoms with Crippen LogP contribution in [0.3, 0.4) is 0 Å². The van der Waals surface area contributed by atoms with Crippen molar-refractivity contribution in [2.45, 2.75) is 32.2 Å². The second kappa shape index (κ2) is 3.56. The molecule has 1 amide bonds. The molecule has 0 aliphatic carbocycles. The molecule has 4 nitrogen and oxygen atoms in total. The fourth-order valence-corrected chi connectivity index (χ4v) is 1.45. The van der Waals surface area contributed by atoms with Crippen LogP contribution in [-0.2, 0) is 9.59 Å². The summed E-state index contributed by atoms with van der Waals surface area (Å²) in [5.74, 6) is -1.48. The van der Waals surface area contributed by atoms with E-state index >= 15 is 0 Å². The van der Waals surface area contributed by atoms with Crippen LogP contribution >= 0.6 is 0 Å². The molecule has 2 N–H and O–H groups in total. The Labute approximate surface area is 71.0 Å². The highest BCUT2D eigenvalue weighted by Gasteiger charge is 2.29. The quantitative estimate of drug-likeness (QED) is 0.631. The molecule has 68 valence electrons. The largest absolute Gasteiger partial charge is 0.481 e. The zero-order valence-corrected chi connectivity index (χ0v) is 7.04. The molecule has 0 unspecified atom stereocenters. The van der Waals surface area contributed by atoms with E-state index < -0.39 is 11.9 Å². The molecule has 4 heteroatoms. The first-order valence-corrected chi connectivity index (χ1v) is 4.15. The minimum absolute atomic E-state index is 0.0485. The van der Waals surface area contributed by atoms with Crippen molar-refractivity contribution in [3.63, 3.8) is 0 Å². The Morgan fingerprint density at radius 2 is 2.42 bits per heavy atom. The number of piperidine rings is 1. The van der Waals surface area contributed by atoms with Crippen molar-refractivity contribution in [1.82, 2.24) is 5.32 Å². The molecule has 1 aliphatic heterocycles. The molecule has 1 rings (SSSR count). The minimum atomic E-state index is -0.858. The van der Waals surface area contributed by atoms with Gasteiger partial charge < -0.3 is 10.4 Å². The molecule has 0 saturated carbocycles. The molecule has 0 aromatic carbocycles. The second-order valence-electron chi connectivity index (χ2n) is 3.15. The predicted molar refractivity (Wildman–Crippen MR) is 42.6 cm³/mol. The Kier molecular flexibility index (Phi) is 2.68. The number of rotatable bonds is 2. The number of carbonyl (C=O) groups is 2. The molecule has 2 atom stereocenters. The van der Waals surface area contributed by atoms with Gasteiger partial charge in [-0.1, -0.05) is 6.92 Å². The monoisotopic (exact) mass is 171 g/mol. The second-order valence-corrected chi connectivity index (χ2v) is 3.15. The fraction of sp³-hybridized carbons (Fsp3) is 0.750. The predicted octanol–water partition coefficient (Wildman–Crippen LogP) is 0.376. The van der Waals surface area contributed by atoms with Gasteiger partial charge in [-0.15, -0.1) is 0 Å². The maximum Gasteiger partial charge on any atom is 0.307 e. The summed E-state index contributed by atoms with van der Waals surface area (Å²) in [5, 5.41) is 11.4. The molecule has 0 aromatic rings. The van der Waals surface area contributed by atoms with Gasteiger partial charge in [0.1, 0.15) is 0 Å². The van der Waals surface area contributed by atoms with Crippen molar-refractivity contribution in [3.05, 3.63) is 0 Å². The average molecular weight is 171 g/mol. The van der Waals surface area contributed by atoms with Crippen LogP contribution in [0.2, 0.25) is 0 Å². The van der Waals surface area contributed by atoms with E-state index in [-0.39, 0.29) is 18.4 Å². The van der Waals surface area contributed by atoms with E-state index in [0.717, 1.165) is 6.42 Å². The summed E-state index contributed by atoms with van der Waals surface area (Å²) in [5.41, 5.74) is 0. The highest BCUT2D eigenvalue weighted by Crippen LogP contribution is 2.18. The molecule has 1 aliphatic rings. The van der Waals surface area contributed by atoms with Gasteiger partial charge in [-0.2, -0.15) is 0 Å². The van der Waals surface area contributed by atoms with Crippen molar-refractivity contribution in [1.29, 1.82) is 0 Å². The van der Waals surface area contributed by atoms with E-state index in [4.69, 9.17) is 5.11 Å². The smallest absolute Gasteiger partial charge is 0.307 e. The van der Waals surface area contributed by atoms with Gasteiger partial charge in [-0.05, 0) is 12.8 Å². The van der Waals surface area contributed by atoms with Gasteiger partial charge in [0.05, 0.1) is 5.92 Å². The molecule has 0 spiro atoms. The maximum absolute atomic E-state index is 11.0. The van der Waals surface area contributed by atoms with Gasteiger partial charge >= 0.3 is 5.97 Å². The van der Waals surface area contributed by atoms with E-state index in [9.17, 15) is 9.59 Å². The van der Waals surface area contributed by atoms with Gasteiger partial charge in [0.15, 0.2) is 0 Å². The number of carboxylic acids is 1. The lowest BCUT2D eigenvalue weighted by atomic mass is 9.91. The fourth-order valence-electron chi connectivity index (χ4n) is 1.45. The molecule has 1 saturated heterocycles. The molecule has 1 fully saturated rings. The van der Waals surface area contributed by atoms with Crippen molar-refractivity contribution < 1.29 is 14.7 Å². The Bertz CT molecular complexity index is 202. The summed E-state index contributed by atoms with van der Waals surface area (Å²) in [7, 11) is 0. The van der Waals surface area contributed by atoms with Gasteiger partial charge in [-0.25, -0.2) is 0 Å². The Morgan fingerprint density at radius 1 is 1.75 bits per heavy atom. The number of hydrogen-bond acceptors (Lipinski definition) is 2. The van der Waals surface area contributed by atoms with Gasteiger partial charge in [0, 0.05) is 12.5 Å². The number of carboxylic acid groups (broad SMARTS) is 1. The van der Waals surface area contributed by atoms with Gasteiger partial charge in [-0.3, -0.25) is 9.59 Å². The zero-order valence-electron chi connectivity index (χ0n) is 7.04. The van der Waals surface area contributed by atoms with Gasteiger partial charge in [0.25, 0.3) is 0 Å². The summed E-state index contributed by atoms with van der Waals surface area (Å²) in [6.07, 6.45) is 1.50. The van der Waals surface area contributed by atoms with Crippen LogP contribution in [0.4, 0.5) is 0 Å². The summed E-state index contributed by atoms with van der Waals surface area (Å²) < 4.78 is 0. The lowest BCUT2D eigenvalue weighted by molar-refractivity contribution is -0.146. The molecule has 0 radical (unpaired) electrons. The molecule has 12 heavy (non-hydrogen) atoms. The van der Waals surface area contributed by atoms with Crippen molar-refractivity contribution in [2.75, 3.05) is 0 Å². The normalized spacial score (nSPS) is 29.6. The molecular formula is C8H13NO3. The number of hydrogen-bond donors (Lipinski definition) is 2. The van der Waals surface area contributed by atoms with Crippen LogP contribution in [0.1, 0.15) is 26.2 Å². The average Bonchev–Trinajstić information content (AvgIpc) is 2.03. The van der Waals surface area contributed by atoms with Crippen molar-refractivity contribution >= 4 is 11.9 Å². The Balaban J connectivity index is 2.56. The van der Waals surface area contributed by atoms with Crippen molar-refractivity contribution in [2.24, 2.45) is 5.92 Å². The van der Waals surface area contributed by atoms with Crippen LogP contribution < -0.4 is 5.32 Å². The summed E-state index contributed by atoms with van der Waals surface area (Å²) in [6.45, 7) is 1.94. The first-order valence-electron chi connectivity index (χ1n) is 4.15. The summed E-state index contributed by atoms with van der Waals surface area (Å²) >= 11 is 0. The third kappa shape index (κ3) is 1.96. The molecule has 1 heterocycles. The van der Waals surface area contributed by atoms with Gasteiger partial charge in [0.2, 0.25) is 5.91 Å². The van der Waals surface area contributed by atoms with E-state index in [2.05, 4.69) is 5.32 Å². The zero-order chi connectivity index (χ0) is 9.14. The third-order valence-electron chi connectivity index (χ3n) is 2.21. The van der Waals surface area contributed by atoms with Crippen molar-refractivity contribution in [3.8, 4) is 0 Å². The van der Waals surface area contributed by atoms with Crippen LogP contribution in [0, 0.1) is 5.92 Å². The number of nitrogens with one attached hydrogen (secondary N) is 1. The Morgan fingerprint density at radius 3 is 2.92 bits per heavy atom. The molecule has 0 aromatic heterocycles. The van der Waals surface area contributed by atoms with E-state index in [0.29, 0.717) is 6.42 Å². The minimum Gasteiger partial charge on any atom is -0.481 e. The lowest BCUT2D eigenvalue weighted by Gasteiger charge is -2.26. The van der Waals surface area contributed by atoms with E-state index in [1.54, 1.807) is 0 Å². The number of carbonyl (C=O) groups excluding carboxylic acids is 1. The first kappa shape index (κ1) is 9.03. The maximum atomic E-state index is 11.0. The summed E-state index contributed by atoms with van der Waals surface area (Å²) in [4.78, 5) is 21.6. The van der Waals surface area contributed by atoms with Crippen LogP contribution in [0.15, 0.2) is 0 Å². The summed E-state index contributed by atoms with van der Waals surface area (Å²) in [6, 6.07) is 0.0485. The number of amides is 1.